The number of rotatable bonds is 4. The molecule has 1 N–H and O–H groups in total. The van der Waals surface area contributed by atoms with Gasteiger partial charge in [0.05, 0.1) is 4.34 Å². The Labute approximate surface area is 86.2 Å². The highest BCUT2D eigenvalue weighted by molar-refractivity contribution is 7.16. The second kappa shape index (κ2) is 4.63. The average Bonchev–Trinajstić information content (AvgIpc) is 2.47. The van der Waals surface area contributed by atoms with Gasteiger partial charge in [0.2, 0.25) is 0 Å². The molecule has 0 radical (unpaired) electrons. The van der Waals surface area contributed by atoms with Crippen LogP contribution < -0.4 is 0 Å². The molecule has 1 rings (SSSR count). The van der Waals surface area contributed by atoms with Gasteiger partial charge in [0.15, 0.2) is 0 Å². The first-order chi connectivity index (χ1) is 6.09. The SMILES string of the molecule is CC(CCC(=O)O)c1ccc(Cl)s1. The quantitative estimate of drug-likeness (QED) is 0.842. The van der Waals surface area contributed by atoms with Crippen molar-refractivity contribution in [3.63, 3.8) is 0 Å². The van der Waals surface area contributed by atoms with Crippen molar-refractivity contribution in [1.82, 2.24) is 0 Å². The summed E-state index contributed by atoms with van der Waals surface area (Å²) in [7, 11) is 0. The average molecular weight is 219 g/mol. The summed E-state index contributed by atoms with van der Waals surface area (Å²) in [4.78, 5) is 11.5. The lowest BCUT2D eigenvalue weighted by atomic mass is 10.0. The molecule has 0 aromatic carbocycles. The van der Waals surface area contributed by atoms with Crippen molar-refractivity contribution in [2.24, 2.45) is 0 Å². The summed E-state index contributed by atoms with van der Waals surface area (Å²) in [6.45, 7) is 2.02. The van der Waals surface area contributed by atoms with Crippen LogP contribution in [-0.2, 0) is 4.79 Å². The lowest BCUT2D eigenvalue weighted by Gasteiger charge is -2.05. The topological polar surface area (TPSA) is 37.3 Å². The number of carboxylic acids is 1. The first-order valence-corrected chi connectivity index (χ1v) is 5.26. The molecule has 13 heavy (non-hydrogen) atoms. The van der Waals surface area contributed by atoms with E-state index in [4.69, 9.17) is 16.7 Å². The number of thiophene rings is 1. The van der Waals surface area contributed by atoms with Crippen molar-refractivity contribution >= 4 is 28.9 Å². The molecule has 0 saturated heterocycles. The van der Waals surface area contributed by atoms with Crippen LogP contribution in [0.1, 0.15) is 30.6 Å². The van der Waals surface area contributed by atoms with Gasteiger partial charge in [-0.15, -0.1) is 11.3 Å². The van der Waals surface area contributed by atoms with E-state index < -0.39 is 5.97 Å². The number of carboxylic acid groups (broad SMARTS) is 1. The maximum Gasteiger partial charge on any atom is 0.303 e. The Kier molecular flexibility index (Phi) is 3.75. The molecule has 4 heteroatoms. The van der Waals surface area contributed by atoms with E-state index in [0.29, 0.717) is 6.42 Å². The van der Waals surface area contributed by atoms with E-state index >= 15 is 0 Å². The van der Waals surface area contributed by atoms with Crippen molar-refractivity contribution in [3.8, 4) is 0 Å². The van der Waals surface area contributed by atoms with Gasteiger partial charge in [-0.1, -0.05) is 18.5 Å². The summed E-state index contributed by atoms with van der Waals surface area (Å²) in [5.41, 5.74) is 0. The van der Waals surface area contributed by atoms with Crippen molar-refractivity contribution in [3.05, 3.63) is 21.3 Å². The lowest BCUT2D eigenvalue weighted by molar-refractivity contribution is -0.137. The van der Waals surface area contributed by atoms with Gasteiger partial charge >= 0.3 is 5.97 Å². The molecule has 0 fully saturated rings. The third-order valence-electron chi connectivity index (χ3n) is 1.87. The molecule has 0 bridgehead atoms. The molecule has 1 atom stereocenters. The Morgan fingerprint density at radius 3 is 2.85 bits per heavy atom. The Bertz CT molecular complexity index is 296. The molecule has 0 saturated carbocycles. The minimum atomic E-state index is -0.741. The molecular weight excluding hydrogens is 208 g/mol. The summed E-state index contributed by atoms with van der Waals surface area (Å²) >= 11 is 7.29. The Balaban J connectivity index is 2.48. The predicted octanol–water partition coefficient (Wildman–Crippen LogP) is 3.37. The highest BCUT2D eigenvalue weighted by atomic mass is 35.5. The minimum Gasteiger partial charge on any atom is -0.481 e. The summed E-state index contributed by atoms with van der Waals surface area (Å²) in [6.07, 6.45) is 0.892. The van der Waals surface area contributed by atoms with Crippen LogP contribution >= 0.6 is 22.9 Å². The van der Waals surface area contributed by atoms with Gasteiger partial charge in [-0.05, 0) is 24.5 Å². The molecule has 0 aliphatic heterocycles. The molecule has 1 aromatic rings. The fourth-order valence-electron chi connectivity index (χ4n) is 1.08. The van der Waals surface area contributed by atoms with Crippen LogP contribution in [0.3, 0.4) is 0 Å². The molecule has 1 aromatic heterocycles. The second-order valence-corrected chi connectivity index (χ2v) is 4.72. The number of carbonyl (C=O) groups is 1. The van der Waals surface area contributed by atoms with Crippen LogP contribution in [0.15, 0.2) is 12.1 Å². The van der Waals surface area contributed by atoms with Gasteiger partial charge in [-0.2, -0.15) is 0 Å². The van der Waals surface area contributed by atoms with Crippen LogP contribution in [-0.4, -0.2) is 11.1 Å². The molecule has 1 unspecified atom stereocenters. The maximum absolute atomic E-state index is 10.3. The zero-order chi connectivity index (χ0) is 9.84. The lowest BCUT2D eigenvalue weighted by Crippen LogP contribution is -1.98. The zero-order valence-electron chi connectivity index (χ0n) is 7.29. The third-order valence-corrected chi connectivity index (χ3v) is 3.33. The molecule has 0 spiro atoms. The zero-order valence-corrected chi connectivity index (χ0v) is 8.86. The Morgan fingerprint density at radius 1 is 1.69 bits per heavy atom. The standard InChI is InChI=1S/C9H11ClO2S/c1-6(2-5-9(11)12)7-3-4-8(10)13-7/h3-4,6H,2,5H2,1H3,(H,11,12). The molecule has 0 aliphatic carbocycles. The first kappa shape index (κ1) is 10.5. The van der Waals surface area contributed by atoms with E-state index in [1.54, 1.807) is 0 Å². The predicted molar refractivity (Wildman–Crippen MR) is 54.6 cm³/mol. The van der Waals surface area contributed by atoms with E-state index in [9.17, 15) is 4.79 Å². The van der Waals surface area contributed by atoms with Crippen LogP contribution in [0.4, 0.5) is 0 Å². The number of aliphatic carboxylic acids is 1. The van der Waals surface area contributed by atoms with Gasteiger partial charge in [-0.25, -0.2) is 0 Å². The van der Waals surface area contributed by atoms with Crippen molar-refractivity contribution in [2.45, 2.75) is 25.7 Å². The van der Waals surface area contributed by atoms with E-state index in [1.165, 1.54) is 11.3 Å². The van der Waals surface area contributed by atoms with Crippen molar-refractivity contribution < 1.29 is 9.90 Å². The fourth-order valence-corrected chi connectivity index (χ4v) is 2.22. The minimum absolute atomic E-state index is 0.219. The van der Waals surface area contributed by atoms with Gasteiger partial charge < -0.3 is 5.11 Å². The van der Waals surface area contributed by atoms with E-state index in [1.807, 2.05) is 19.1 Å². The molecule has 72 valence electrons. The molecule has 0 amide bonds. The second-order valence-electron chi connectivity index (χ2n) is 2.98. The summed E-state index contributed by atoms with van der Waals surface area (Å²) in [5.74, 6) is -0.455. The van der Waals surface area contributed by atoms with E-state index in [-0.39, 0.29) is 12.3 Å². The van der Waals surface area contributed by atoms with Crippen LogP contribution in [0.25, 0.3) is 0 Å². The summed E-state index contributed by atoms with van der Waals surface area (Å²) in [5, 5.41) is 8.49. The Morgan fingerprint density at radius 2 is 2.38 bits per heavy atom. The Hall–Kier alpha value is -0.540. The summed E-state index contributed by atoms with van der Waals surface area (Å²) in [6, 6.07) is 3.80. The smallest absolute Gasteiger partial charge is 0.303 e. The van der Waals surface area contributed by atoms with Crippen LogP contribution in [0, 0.1) is 0 Å². The van der Waals surface area contributed by atoms with Gasteiger partial charge in [-0.3, -0.25) is 4.79 Å². The van der Waals surface area contributed by atoms with Gasteiger partial charge in [0, 0.05) is 11.3 Å². The first-order valence-electron chi connectivity index (χ1n) is 4.06. The monoisotopic (exact) mass is 218 g/mol. The number of hydrogen-bond donors (Lipinski definition) is 1. The van der Waals surface area contributed by atoms with Crippen molar-refractivity contribution in [1.29, 1.82) is 0 Å². The number of halogens is 1. The molecule has 0 aliphatic rings. The summed E-state index contributed by atoms with van der Waals surface area (Å²) < 4.78 is 0.761. The van der Waals surface area contributed by atoms with E-state index in [0.717, 1.165) is 9.21 Å². The highest BCUT2D eigenvalue weighted by Gasteiger charge is 2.09. The van der Waals surface area contributed by atoms with E-state index in [2.05, 4.69) is 0 Å². The van der Waals surface area contributed by atoms with Crippen molar-refractivity contribution in [2.75, 3.05) is 0 Å². The normalized spacial score (nSPS) is 12.8. The van der Waals surface area contributed by atoms with Gasteiger partial charge in [0.1, 0.15) is 0 Å². The largest absolute Gasteiger partial charge is 0.481 e. The maximum atomic E-state index is 10.3. The molecular formula is C9H11ClO2S. The van der Waals surface area contributed by atoms with Crippen LogP contribution in [0.5, 0.6) is 0 Å². The van der Waals surface area contributed by atoms with Crippen LogP contribution in [0.2, 0.25) is 4.34 Å². The number of hydrogen-bond acceptors (Lipinski definition) is 2. The molecule has 2 nitrogen and oxygen atoms in total. The fraction of sp³-hybridized carbons (Fsp3) is 0.444. The third kappa shape index (κ3) is 3.36. The molecule has 1 heterocycles. The highest BCUT2D eigenvalue weighted by Crippen LogP contribution is 2.30. The van der Waals surface area contributed by atoms with Gasteiger partial charge in [0.25, 0.3) is 0 Å².